The molecule has 0 unspecified atom stereocenters. The van der Waals surface area contributed by atoms with Crippen LogP contribution in [0, 0.1) is 12.7 Å². The minimum Gasteiger partial charge on any atom is -0.332 e. The van der Waals surface area contributed by atoms with Crippen LogP contribution in [0.1, 0.15) is 18.1 Å². The molecule has 0 aliphatic heterocycles. The van der Waals surface area contributed by atoms with E-state index in [1.165, 1.54) is 11.6 Å². The summed E-state index contributed by atoms with van der Waals surface area (Å²) in [5.74, 6) is -0.218. The van der Waals surface area contributed by atoms with Crippen molar-refractivity contribution < 1.29 is 4.39 Å². The van der Waals surface area contributed by atoms with Gasteiger partial charge in [-0.1, -0.05) is 19.1 Å². The van der Waals surface area contributed by atoms with E-state index in [0.29, 0.717) is 10.7 Å². The molecule has 0 aliphatic rings. The third kappa shape index (κ3) is 3.78. The van der Waals surface area contributed by atoms with E-state index in [2.05, 4.69) is 29.7 Å². The lowest BCUT2D eigenvalue weighted by molar-refractivity contribution is 0.619. The number of hydrogen-bond donors (Lipinski definition) is 2. The summed E-state index contributed by atoms with van der Waals surface area (Å²) in [6.45, 7) is 3.83. The molecule has 0 aromatic heterocycles. The van der Waals surface area contributed by atoms with Crippen molar-refractivity contribution in [2.75, 3.05) is 10.6 Å². The molecule has 2 N–H and O–H groups in total. The smallest absolute Gasteiger partial charge is 0.175 e. The molecule has 0 spiro atoms. The van der Waals surface area contributed by atoms with Crippen molar-refractivity contribution in [1.82, 2.24) is 0 Å². The molecule has 0 bridgehead atoms. The average Bonchev–Trinajstić information content (AvgIpc) is 2.43. The number of rotatable bonds is 3. The van der Waals surface area contributed by atoms with E-state index in [-0.39, 0.29) is 5.82 Å². The highest BCUT2D eigenvalue weighted by molar-refractivity contribution is 7.80. The van der Waals surface area contributed by atoms with Crippen molar-refractivity contribution >= 4 is 28.7 Å². The maximum absolute atomic E-state index is 13.2. The number of benzene rings is 2. The molecule has 0 saturated heterocycles. The predicted molar refractivity (Wildman–Crippen MR) is 86.8 cm³/mol. The van der Waals surface area contributed by atoms with Crippen LogP contribution >= 0.6 is 12.2 Å². The molecule has 4 heteroatoms. The van der Waals surface area contributed by atoms with E-state index in [1.54, 1.807) is 19.1 Å². The molecule has 0 saturated carbocycles. The molecule has 2 rings (SSSR count). The van der Waals surface area contributed by atoms with Gasteiger partial charge < -0.3 is 10.6 Å². The van der Waals surface area contributed by atoms with Gasteiger partial charge in [-0.2, -0.15) is 0 Å². The van der Waals surface area contributed by atoms with Gasteiger partial charge in [0.25, 0.3) is 0 Å². The van der Waals surface area contributed by atoms with Crippen LogP contribution < -0.4 is 10.6 Å². The molecule has 2 nitrogen and oxygen atoms in total. The molecule has 0 atom stereocenters. The fourth-order valence-electron chi connectivity index (χ4n) is 1.88. The van der Waals surface area contributed by atoms with Crippen LogP contribution in [-0.2, 0) is 6.42 Å². The SMILES string of the molecule is CCc1cccc(NC(=S)Nc2ccc(F)c(C)c2)c1. The Morgan fingerprint density at radius 3 is 2.45 bits per heavy atom. The van der Waals surface area contributed by atoms with Crippen LogP contribution in [0.3, 0.4) is 0 Å². The lowest BCUT2D eigenvalue weighted by Gasteiger charge is -2.12. The largest absolute Gasteiger partial charge is 0.332 e. The molecule has 2 aromatic carbocycles. The van der Waals surface area contributed by atoms with Gasteiger partial charge in [-0.15, -0.1) is 0 Å². The fourth-order valence-corrected chi connectivity index (χ4v) is 2.12. The highest BCUT2D eigenvalue weighted by atomic mass is 32.1. The minimum atomic E-state index is -0.218. The van der Waals surface area contributed by atoms with Crippen molar-refractivity contribution in [2.45, 2.75) is 20.3 Å². The number of anilines is 2. The number of halogens is 1. The molecule has 0 heterocycles. The van der Waals surface area contributed by atoms with Crippen LogP contribution in [0.25, 0.3) is 0 Å². The summed E-state index contributed by atoms with van der Waals surface area (Å²) < 4.78 is 13.2. The van der Waals surface area contributed by atoms with E-state index in [4.69, 9.17) is 12.2 Å². The van der Waals surface area contributed by atoms with E-state index < -0.39 is 0 Å². The quantitative estimate of drug-likeness (QED) is 0.813. The highest BCUT2D eigenvalue weighted by Crippen LogP contribution is 2.15. The summed E-state index contributed by atoms with van der Waals surface area (Å²) >= 11 is 5.26. The minimum absolute atomic E-state index is 0.218. The predicted octanol–water partition coefficient (Wildman–Crippen LogP) is 4.51. The summed E-state index contributed by atoms with van der Waals surface area (Å²) in [6.07, 6.45) is 0.979. The monoisotopic (exact) mass is 288 g/mol. The van der Waals surface area contributed by atoms with Crippen LogP contribution in [0.2, 0.25) is 0 Å². The van der Waals surface area contributed by atoms with Crippen molar-refractivity contribution in [2.24, 2.45) is 0 Å². The highest BCUT2D eigenvalue weighted by Gasteiger charge is 2.02. The Balaban J connectivity index is 2.03. The summed E-state index contributed by atoms with van der Waals surface area (Å²) in [7, 11) is 0. The van der Waals surface area contributed by atoms with Crippen LogP contribution in [0.15, 0.2) is 42.5 Å². The second-order valence-electron chi connectivity index (χ2n) is 4.60. The molecule has 0 radical (unpaired) electrons. The number of thiocarbonyl (C=S) groups is 1. The zero-order valence-electron chi connectivity index (χ0n) is 11.5. The number of aryl methyl sites for hydroxylation is 2. The maximum Gasteiger partial charge on any atom is 0.175 e. The van der Waals surface area contributed by atoms with Gasteiger partial charge in [-0.25, -0.2) is 4.39 Å². The van der Waals surface area contributed by atoms with Crippen molar-refractivity contribution in [3.63, 3.8) is 0 Å². The van der Waals surface area contributed by atoms with Crippen molar-refractivity contribution in [3.05, 3.63) is 59.4 Å². The molecule has 2 aromatic rings. The first-order chi connectivity index (χ1) is 9.58. The standard InChI is InChI=1S/C16H17FN2S/c1-3-12-5-4-6-13(10-12)18-16(20)19-14-7-8-15(17)11(2)9-14/h4-10H,3H2,1-2H3,(H2,18,19,20). The Bertz CT molecular complexity index is 626. The zero-order valence-corrected chi connectivity index (χ0v) is 12.4. The van der Waals surface area contributed by atoms with E-state index in [0.717, 1.165) is 17.8 Å². The van der Waals surface area contributed by atoms with Gasteiger partial charge in [-0.3, -0.25) is 0 Å². The lowest BCUT2D eigenvalue weighted by Crippen LogP contribution is -2.19. The molecular formula is C16H17FN2S. The lowest BCUT2D eigenvalue weighted by atomic mass is 10.1. The van der Waals surface area contributed by atoms with E-state index in [1.807, 2.05) is 12.1 Å². The van der Waals surface area contributed by atoms with Crippen molar-refractivity contribution in [3.8, 4) is 0 Å². The van der Waals surface area contributed by atoms with Gasteiger partial charge in [0, 0.05) is 11.4 Å². The Morgan fingerprint density at radius 2 is 1.80 bits per heavy atom. The summed E-state index contributed by atoms with van der Waals surface area (Å²) in [5.41, 5.74) is 3.55. The van der Waals surface area contributed by atoms with Crippen molar-refractivity contribution in [1.29, 1.82) is 0 Å². The first kappa shape index (κ1) is 14.5. The first-order valence-corrected chi connectivity index (χ1v) is 6.92. The molecule has 0 fully saturated rings. The fraction of sp³-hybridized carbons (Fsp3) is 0.188. The summed E-state index contributed by atoms with van der Waals surface area (Å²) in [4.78, 5) is 0. The Kier molecular flexibility index (Phi) is 4.69. The molecule has 0 aliphatic carbocycles. The molecular weight excluding hydrogens is 271 g/mol. The van der Waals surface area contributed by atoms with Crippen LogP contribution in [-0.4, -0.2) is 5.11 Å². The summed E-state index contributed by atoms with van der Waals surface area (Å²) in [6, 6.07) is 12.9. The third-order valence-corrected chi connectivity index (χ3v) is 3.21. The topological polar surface area (TPSA) is 24.1 Å². The Labute approximate surface area is 124 Å². The normalized spacial score (nSPS) is 10.2. The second kappa shape index (κ2) is 6.48. The maximum atomic E-state index is 13.2. The molecule has 0 amide bonds. The van der Waals surface area contributed by atoms with Crippen LogP contribution in [0.5, 0.6) is 0 Å². The van der Waals surface area contributed by atoms with E-state index >= 15 is 0 Å². The second-order valence-corrected chi connectivity index (χ2v) is 5.01. The number of nitrogens with one attached hydrogen (secondary N) is 2. The van der Waals surface area contributed by atoms with Gasteiger partial charge in [0.05, 0.1) is 0 Å². The van der Waals surface area contributed by atoms with Gasteiger partial charge in [0.1, 0.15) is 5.82 Å². The van der Waals surface area contributed by atoms with Gasteiger partial charge >= 0.3 is 0 Å². The molecule has 104 valence electrons. The van der Waals surface area contributed by atoms with Crippen LogP contribution in [0.4, 0.5) is 15.8 Å². The summed E-state index contributed by atoms with van der Waals surface area (Å²) in [5, 5.41) is 6.67. The molecule has 20 heavy (non-hydrogen) atoms. The van der Waals surface area contributed by atoms with Gasteiger partial charge in [0.2, 0.25) is 0 Å². The number of hydrogen-bond acceptors (Lipinski definition) is 1. The van der Waals surface area contributed by atoms with Gasteiger partial charge in [0.15, 0.2) is 5.11 Å². The third-order valence-electron chi connectivity index (χ3n) is 3.01. The zero-order chi connectivity index (χ0) is 14.5. The Morgan fingerprint density at radius 1 is 1.10 bits per heavy atom. The average molecular weight is 288 g/mol. The van der Waals surface area contributed by atoms with Gasteiger partial charge in [-0.05, 0) is 67.0 Å². The Hall–Kier alpha value is -1.94. The van der Waals surface area contributed by atoms with E-state index in [9.17, 15) is 4.39 Å². The first-order valence-electron chi connectivity index (χ1n) is 6.51.